The summed E-state index contributed by atoms with van der Waals surface area (Å²) in [6.07, 6.45) is 2.77. The number of nitrogens with zero attached hydrogens (tertiary/aromatic N) is 1. The minimum Gasteiger partial charge on any atom is -0.496 e. The van der Waals surface area contributed by atoms with Crippen LogP contribution in [0.1, 0.15) is 19.3 Å². The van der Waals surface area contributed by atoms with Crippen LogP contribution in [0.2, 0.25) is 0 Å². The Balaban J connectivity index is 0.00000176. The van der Waals surface area contributed by atoms with Crippen molar-refractivity contribution in [1.29, 1.82) is 0 Å². The first-order valence-corrected chi connectivity index (χ1v) is 9.35. The van der Waals surface area contributed by atoms with E-state index in [1.807, 2.05) is 0 Å². The molecule has 0 aromatic heterocycles. The van der Waals surface area contributed by atoms with E-state index in [2.05, 4.69) is 21.2 Å². The van der Waals surface area contributed by atoms with Crippen LogP contribution in [0, 0.1) is 0 Å². The highest BCUT2D eigenvalue weighted by molar-refractivity contribution is 9.10. The number of sulfonamides is 1. The molecule has 2 bridgehead atoms. The zero-order valence-corrected chi connectivity index (χ0v) is 15.5. The smallest absolute Gasteiger partial charge is 0.243 e. The summed E-state index contributed by atoms with van der Waals surface area (Å²) in [7, 11) is -1.94. The van der Waals surface area contributed by atoms with Crippen molar-refractivity contribution >= 4 is 38.4 Å². The van der Waals surface area contributed by atoms with Gasteiger partial charge in [0.2, 0.25) is 10.0 Å². The number of hydrogen-bond donors (Lipinski definition) is 1. The van der Waals surface area contributed by atoms with E-state index >= 15 is 0 Å². The van der Waals surface area contributed by atoms with Crippen molar-refractivity contribution in [3.63, 3.8) is 0 Å². The van der Waals surface area contributed by atoms with Gasteiger partial charge < -0.3 is 10.1 Å². The molecule has 3 rings (SSSR count). The van der Waals surface area contributed by atoms with Crippen LogP contribution in [0.25, 0.3) is 0 Å². The van der Waals surface area contributed by atoms with Crippen molar-refractivity contribution in [1.82, 2.24) is 9.62 Å². The molecule has 0 spiro atoms. The largest absolute Gasteiger partial charge is 0.496 e. The summed E-state index contributed by atoms with van der Waals surface area (Å²) < 4.78 is 33.7. The van der Waals surface area contributed by atoms with E-state index in [0.29, 0.717) is 10.6 Å². The van der Waals surface area contributed by atoms with Crippen LogP contribution in [0.3, 0.4) is 0 Å². The Labute approximate surface area is 146 Å². The van der Waals surface area contributed by atoms with E-state index in [9.17, 15) is 8.42 Å². The molecule has 1 aromatic rings. The second-order valence-corrected chi connectivity index (χ2v) is 8.21. The van der Waals surface area contributed by atoms with Crippen LogP contribution in [0.4, 0.5) is 0 Å². The second-order valence-electron chi connectivity index (χ2n) is 5.51. The Morgan fingerprint density at radius 1 is 1.27 bits per heavy atom. The van der Waals surface area contributed by atoms with Crippen molar-refractivity contribution in [2.45, 2.75) is 36.2 Å². The third-order valence-electron chi connectivity index (χ3n) is 4.29. The summed E-state index contributed by atoms with van der Waals surface area (Å²) in [5, 5.41) is 3.33. The maximum absolute atomic E-state index is 13.0. The molecule has 2 aliphatic heterocycles. The normalized spacial score (nSPS) is 25.4. The van der Waals surface area contributed by atoms with E-state index in [1.165, 1.54) is 7.11 Å². The average Bonchev–Trinajstić information content (AvgIpc) is 2.73. The molecule has 1 N–H and O–H groups in total. The predicted octanol–water partition coefficient (Wildman–Crippen LogP) is 2.39. The third-order valence-corrected chi connectivity index (χ3v) is 6.94. The minimum absolute atomic E-state index is 0. The molecular formula is C14H20BrClN2O3S. The van der Waals surface area contributed by atoms with E-state index in [1.54, 1.807) is 22.5 Å². The van der Waals surface area contributed by atoms with Crippen molar-refractivity contribution in [3.05, 3.63) is 22.7 Å². The highest BCUT2D eigenvalue weighted by atomic mass is 79.9. The standard InChI is InChI=1S/C14H19BrN2O3S.ClH/c1-20-14-8-12(4-5-13(14)15)21(18,19)17-10-2-3-11(17)9-16-7-6-10;/h4-5,8,10-11,16H,2-3,6-7,9H2,1H3;1H. The lowest BCUT2D eigenvalue weighted by atomic mass is 10.1. The van der Waals surface area contributed by atoms with Gasteiger partial charge in [0.1, 0.15) is 5.75 Å². The number of hydrogen-bond acceptors (Lipinski definition) is 4. The van der Waals surface area contributed by atoms with Gasteiger partial charge in [-0.05, 0) is 53.9 Å². The third kappa shape index (κ3) is 3.14. The fourth-order valence-corrected chi connectivity index (χ4v) is 5.58. The van der Waals surface area contributed by atoms with Crippen molar-refractivity contribution in [2.24, 2.45) is 0 Å². The monoisotopic (exact) mass is 410 g/mol. The Morgan fingerprint density at radius 2 is 2.00 bits per heavy atom. The van der Waals surface area contributed by atoms with Crippen molar-refractivity contribution in [3.8, 4) is 5.75 Å². The summed E-state index contributed by atoms with van der Waals surface area (Å²) in [5.74, 6) is 0.538. The van der Waals surface area contributed by atoms with Gasteiger partial charge in [-0.3, -0.25) is 0 Å². The Morgan fingerprint density at radius 3 is 2.73 bits per heavy atom. The topological polar surface area (TPSA) is 58.6 Å². The van der Waals surface area contributed by atoms with E-state index in [-0.39, 0.29) is 24.5 Å². The zero-order valence-electron chi connectivity index (χ0n) is 12.3. The quantitative estimate of drug-likeness (QED) is 0.830. The molecular weight excluding hydrogens is 392 g/mol. The van der Waals surface area contributed by atoms with Crippen LogP contribution in [-0.4, -0.2) is 45.0 Å². The van der Waals surface area contributed by atoms with Crippen molar-refractivity contribution < 1.29 is 13.2 Å². The van der Waals surface area contributed by atoms with Crippen LogP contribution in [-0.2, 0) is 10.0 Å². The lowest BCUT2D eigenvalue weighted by Gasteiger charge is -2.27. The molecule has 0 amide bonds. The van der Waals surface area contributed by atoms with Crippen LogP contribution < -0.4 is 10.1 Å². The Kier molecular flexibility index (Phi) is 5.77. The van der Waals surface area contributed by atoms with E-state index in [4.69, 9.17) is 4.74 Å². The molecule has 2 unspecified atom stereocenters. The molecule has 1 aromatic carbocycles. The van der Waals surface area contributed by atoms with Gasteiger partial charge in [-0.2, -0.15) is 4.31 Å². The van der Waals surface area contributed by atoms with Crippen molar-refractivity contribution in [2.75, 3.05) is 20.2 Å². The SMILES string of the molecule is COc1cc(S(=O)(=O)N2C3CCNCC2CC3)ccc1Br.Cl. The number of rotatable bonds is 3. The van der Waals surface area contributed by atoms with Gasteiger partial charge in [0.15, 0.2) is 0 Å². The summed E-state index contributed by atoms with van der Waals surface area (Å²) in [6, 6.07) is 5.14. The molecule has 2 saturated heterocycles. The lowest BCUT2D eigenvalue weighted by Crippen LogP contribution is -2.42. The maximum Gasteiger partial charge on any atom is 0.243 e. The van der Waals surface area contributed by atoms with E-state index < -0.39 is 10.0 Å². The maximum atomic E-state index is 13.0. The predicted molar refractivity (Wildman–Crippen MR) is 91.3 cm³/mol. The summed E-state index contributed by atoms with van der Waals surface area (Å²) in [5.41, 5.74) is 0. The van der Waals surface area contributed by atoms with Gasteiger partial charge in [0.25, 0.3) is 0 Å². The molecule has 2 aliphatic rings. The van der Waals surface area contributed by atoms with E-state index in [0.717, 1.165) is 36.8 Å². The highest BCUT2D eigenvalue weighted by Gasteiger charge is 2.43. The molecule has 2 fully saturated rings. The van der Waals surface area contributed by atoms with Gasteiger partial charge in [-0.15, -0.1) is 12.4 Å². The molecule has 2 atom stereocenters. The molecule has 5 nitrogen and oxygen atoms in total. The first-order valence-electron chi connectivity index (χ1n) is 7.12. The molecule has 2 heterocycles. The van der Waals surface area contributed by atoms with Gasteiger partial charge in [0.05, 0.1) is 16.5 Å². The molecule has 124 valence electrons. The van der Waals surface area contributed by atoms with Gasteiger partial charge in [-0.25, -0.2) is 8.42 Å². The summed E-state index contributed by atoms with van der Waals surface area (Å²) in [4.78, 5) is 0.307. The van der Waals surface area contributed by atoms with Gasteiger partial charge in [0, 0.05) is 24.7 Å². The molecule has 0 saturated carbocycles. The zero-order chi connectivity index (χ0) is 15.0. The average molecular weight is 412 g/mol. The van der Waals surface area contributed by atoms with Gasteiger partial charge >= 0.3 is 0 Å². The number of nitrogens with one attached hydrogen (secondary N) is 1. The van der Waals surface area contributed by atoms with Crippen LogP contribution >= 0.6 is 28.3 Å². The molecule has 8 heteroatoms. The Hall–Kier alpha value is -0.340. The molecule has 22 heavy (non-hydrogen) atoms. The first kappa shape index (κ1) is 18.0. The van der Waals surface area contributed by atoms with Gasteiger partial charge in [-0.1, -0.05) is 0 Å². The number of ether oxygens (including phenoxy) is 1. The minimum atomic E-state index is -3.48. The summed E-state index contributed by atoms with van der Waals surface area (Å²) >= 11 is 3.36. The first-order chi connectivity index (χ1) is 10.0. The van der Waals surface area contributed by atoms with Crippen LogP contribution in [0.15, 0.2) is 27.6 Å². The number of benzene rings is 1. The lowest BCUT2D eigenvalue weighted by molar-refractivity contribution is 0.334. The van der Waals surface area contributed by atoms with Crippen LogP contribution in [0.5, 0.6) is 5.75 Å². The fraction of sp³-hybridized carbons (Fsp3) is 0.571. The molecule has 0 aliphatic carbocycles. The summed E-state index contributed by atoms with van der Waals surface area (Å²) in [6.45, 7) is 1.63. The Bertz CT molecular complexity index is 627. The highest BCUT2D eigenvalue weighted by Crippen LogP contribution is 2.35. The fourth-order valence-electron chi connectivity index (χ4n) is 3.25. The second kappa shape index (κ2) is 7.05. The number of fused-ring (bicyclic) bond motifs is 2. The number of halogens is 2. The number of methoxy groups -OCH3 is 1. The molecule has 0 radical (unpaired) electrons.